The smallest absolute Gasteiger partial charge is 0.243 e. The Bertz CT molecular complexity index is 646. The summed E-state index contributed by atoms with van der Waals surface area (Å²) in [6, 6.07) is 12.5. The van der Waals surface area contributed by atoms with Gasteiger partial charge in [0.15, 0.2) is 0 Å². The van der Waals surface area contributed by atoms with Crippen molar-refractivity contribution < 1.29 is 4.79 Å². The first kappa shape index (κ1) is 15.7. The molecule has 21 heavy (non-hydrogen) atoms. The number of carbonyl (C=O) groups is 1. The lowest BCUT2D eigenvalue weighted by atomic mass is 10.2. The second kappa shape index (κ2) is 6.83. The third-order valence-corrected chi connectivity index (χ3v) is 3.65. The molecule has 1 amide bonds. The molecule has 0 fully saturated rings. The van der Waals surface area contributed by atoms with E-state index < -0.39 is 0 Å². The van der Waals surface area contributed by atoms with E-state index in [1.54, 1.807) is 29.2 Å². The van der Waals surface area contributed by atoms with Crippen molar-refractivity contribution in [2.75, 3.05) is 29.5 Å². The number of nitrogens with two attached hydrogens (primary N) is 1. The minimum Gasteiger partial charge on any atom is -0.397 e. The van der Waals surface area contributed by atoms with E-state index >= 15 is 0 Å². The standard InChI is InChI=1S/C15H15BrClN3O/c1-20(14-7-2-10(16)8-13(14)18)9-15(21)19-12-5-3-11(17)4-6-12/h2-8H,9,18H2,1H3,(H,19,21). The van der Waals surface area contributed by atoms with E-state index in [0.717, 1.165) is 10.2 Å². The third kappa shape index (κ3) is 4.37. The molecule has 2 rings (SSSR count). The zero-order valence-electron chi connectivity index (χ0n) is 11.4. The predicted molar refractivity (Wildman–Crippen MR) is 91.9 cm³/mol. The number of amides is 1. The van der Waals surface area contributed by atoms with Crippen LogP contribution in [-0.2, 0) is 4.79 Å². The molecule has 110 valence electrons. The van der Waals surface area contributed by atoms with Crippen LogP contribution in [0.3, 0.4) is 0 Å². The fraction of sp³-hybridized carbons (Fsp3) is 0.133. The Kier molecular flexibility index (Phi) is 5.09. The van der Waals surface area contributed by atoms with Crippen LogP contribution in [0.2, 0.25) is 5.02 Å². The summed E-state index contributed by atoms with van der Waals surface area (Å²) in [4.78, 5) is 13.8. The Hall–Kier alpha value is -1.72. The molecule has 0 saturated carbocycles. The van der Waals surface area contributed by atoms with E-state index in [2.05, 4.69) is 21.2 Å². The topological polar surface area (TPSA) is 58.4 Å². The summed E-state index contributed by atoms with van der Waals surface area (Å²) >= 11 is 9.16. The summed E-state index contributed by atoms with van der Waals surface area (Å²) in [6.07, 6.45) is 0. The number of carbonyl (C=O) groups excluding carboxylic acids is 1. The monoisotopic (exact) mass is 367 g/mol. The summed E-state index contributed by atoms with van der Waals surface area (Å²) in [5.41, 5.74) is 8.09. The van der Waals surface area contributed by atoms with Crippen LogP contribution in [0.25, 0.3) is 0 Å². The van der Waals surface area contributed by atoms with Crippen LogP contribution in [0.1, 0.15) is 0 Å². The molecule has 0 bridgehead atoms. The summed E-state index contributed by atoms with van der Waals surface area (Å²) in [5, 5.41) is 3.44. The van der Waals surface area contributed by atoms with Crippen LogP contribution in [0.4, 0.5) is 17.1 Å². The SMILES string of the molecule is CN(CC(=O)Nc1ccc(Cl)cc1)c1ccc(Br)cc1N. The highest BCUT2D eigenvalue weighted by molar-refractivity contribution is 9.10. The van der Waals surface area contributed by atoms with Crippen LogP contribution in [0.5, 0.6) is 0 Å². The van der Waals surface area contributed by atoms with Crippen LogP contribution in [-0.4, -0.2) is 19.5 Å². The van der Waals surface area contributed by atoms with Gasteiger partial charge in [0.2, 0.25) is 5.91 Å². The van der Waals surface area contributed by atoms with Crippen molar-refractivity contribution >= 4 is 50.5 Å². The molecule has 4 nitrogen and oxygen atoms in total. The van der Waals surface area contributed by atoms with E-state index in [4.69, 9.17) is 17.3 Å². The molecule has 0 aliphatic carbocycles. The van der Waals surface area contributed by atoms with Gasteiger partial charge in [-0.25, -0.2) is 0 Å². The summed E-state index contributed by atoms with van der Waals surface area (Å²) in [7, 11) is 1.82. The van der Waals surface area contributed by atoms with Crippen molar-refractivity contribution in [3.8, 4) is 0 Å². The van der Waals surface area contributed by atoms with Gasteiger partial charge in [0.1, 0.15) is 0 Å². The Labute approximate surface area is 137 Å². The molecule has 0 spiro atoms. The number of nitrogens with zero attached hydrogens (tertiary/aromatic N) is 1. The Balaban J connectivity index is 2.00. The van der Waals surface area contributed by atoms with E-state index in [9.17, 15) is 4.79 Å². The van der Waals surface area contributed by atoms with Crippen molar-refractivity contribution in [1.29, 1.82) is 0 Å². The van der Waals surface area contributed by atoms with Gasteiger partial charge in [-0.1, -0.05) is 27.5 Å². The highest BCUT2D eigenvalue weighted by Crippen LogP contribution is 2.25. The van der Waals surface area contributed by atoms with Crippen molar-refractivity contribution in [2.24, 2.45) is 0 Å². The average Bonchev–Trinajstić information content (AvgIpc) is 2.41. The highest BCUT2D eigenvalue weighted by atomic mass is 79.9. The van der Waals surface area contributed by atoms with Gasteiger partial charge in [-0.3, -0.25) is 4.79 Å². The fourth-order valence-electron chi connectivity index (χ4n) is 1.91. The maximum absolute atomic E-state index is 12.0. The third-order valence-electron chi connectivity index (χ3n) is 2.91. The first-order valence-electron chi connectivity index (χ1n) is 6.27. The van der Waals surface area contributed by atoms with Gasteiger partial charge >= 0.3 is 0 Å². The minimum atomic E-state index is -0.123. The largest absolute Gasteiger partial charge is 0.397 e. The number of nitrogen functional groups attached to an aromatic ring is 1. The lowest BCUT2D eigenvalue weighted by Gasteiger charge is -2.20. The number of hydrogen-bond donors (Lipinski definition) is 2. The summed E-state index contributed by atoms with van der Waals surface area (Å²) in [6.45, 7) is 0.203. The van der Waals surface area contributed by atoms with E-state index in [0.29, 0.717) is 16.4 Å². The molecule has 0 heterocycles. The molecule has 2 aromatic rings. The number of benzene rings is 2. The Morgan fingerprint density at radius 1 is 1.29 bits per heavy atom. The van der Waals surface area contributed by atoms with Gasteiger partial charge in [-0.05, 0) is 42.5 Å². The predicted octanol–water partition coefficient (Wildman–Crippen LogP) is 3.76. The normalized spacial score (nSPS) is 10.2. The van der Waals surface area contributed by atoms with Gasteiger partial charge in [-0.2, -0.15) is 0 Å². The maximum atomic E-state index is 12.0. The fourth-order valence-corrected chi connectivity index (χ4v) is 2.41. The number of rotatable bonds is 4. The number of halogens is 2. The molecule has 0 unspecified atom stereocenters. The molecule has 0 radical (unpaired) electrons. The highest BCUT2D eigenvalue weighted by Gasteiger charge is 2.10. The van der Waals surface area contributed by atoms with Crippen LogP contribution >= 0.6 is 27.5 Å². The lowest BCUT2D eigenvalue weighted by Crippen LogP contribution is -2.30. The lowest BCUT2D eigenvalue weighted by molar-refractivity contribution is -0.114. The molecule has 2 aromatic carbocycles. The first-order valence-corrected chi connectivity index (χ1v) is 7.44. The molecule has 6 heteroatoms. The van der Waals surface area contributed by atoms with Crippen LogP contribution < -0.4 is 16.0 Å². The zero-order valence-corrected chi connectivity index (χ0v) is 13.8. The first-order chi connectivity index (χ1) is 9.95. The number of likely N-dealkylation sites (N-methyl/N-ethyl adjacent to an activating group) is 1. The quantitative estimate of drug-likeness (QED) is 0.808. The molecule has 0 saturated heterocycles. The average molecular weight is 369 g/mol. The van der Waals surface area contributed by atoms with Crippen LogP contribution in [0, 0.1) is 0 Å². The maximum Gasteiger partial charge on any atom is 0.243 e. The van der Waals surface area contributed by atoms with Gasteiger partial charge in [0.05, 0.1) is 17.9 Å². The van der Waals surface area contributed by atoms with Crippen molar-refractivity contribution in [3.05, 3.63) is 52.0 Å². The molecule has 0 aliphatic heterocycles. The minimum absolute atomic E-state index is 0.123. The summed E-state index contributed by atoms with van der Waals surface area (Å²) < 4.78 is 0.905. The van der Waals surface area contributed by atoms with Gasteiger partial charge < -0.3 is 16.0 Å². The second-order valence-corrected chi connectivity index (χ2v) is 5.97. The van der Waals surface area contributed by atoms with Crippen LogP contribution in [0.15, 0.2) is 46.9 Å². The number of hydrogen-bond acceptors (Lipinski definition) is 3. The Morgan fingerprint density at radius 3 is 2.57 bits per heavy atom. The van der Waals surface area contributed by atoms with E-state index in [-0.39, 0.29) is 12.5 Å². The molecule has 0 atom stereocenters. The molecule has 0 aromatic heterocycles. The van der Waals surface area contributed by atoms with E-state index in [1.807, 2.05) is 25.2 Å². The zero-order chi connectivity index (χ0) is 15.4. The molecule has 3 N–H and O–H groups in total. The number of nitrogens with one attached hydrogen (secondary N) is 1. The van der Waals surface area contributed by atoms with Crippen molar-refractivity contribution in [2.45, 2.75) is 0 Å². The molecular formula is C15H15BrClN3O. The Morgan fingerprint density at radius 2 is 1.95 bits per heavy atom. The van der Waals surface area contributed by atoms with Gasteiger partial charge in [-0.15, -0.1) is 0 Å². The van der Waals surface area contributed by atoms with E-state index in [1.165, 1.54) is 0 Å². The van der Waals surface area contributed by atoms with Crippen molar-refractivity contribution in [3.63, 3.8) is 0 Å². The number of anilines is 3. The molecule has 0 aliphatic rings. The molecular weight excluding hydrogens is 354 g/mol. The van der Waals surface area contributed by atoms with Gasteiger partial charge in [0.25, 0.3) is 0 Å². The second-order valence-electron chi connectivity index (χ2n) is 4.61. The van der Waals surface area contributed by atoms with Gasteiger partial charge in [0, 0.05) is 22.2 Å². The summed E-state index contributed by atoms with van der Waals surface area (Å²) in [5.74, 6) is -0.123. The van der Waals surface area contributed by atoms with Crippen molar-refractivity contribution in [1.82, 2.24) is 0 Å².